The maximum atomic E-state index is 5.25. The van der Waals surface area contributed by atoms with Crippen molar-refractivity contribution in [2.45, 2.75) is 6.42 Å². The molecule has 0 bridgehead atoms. The third-order valence-electron chi connectivity index (χ3n) is 1.23. The van der Waals surface area contributed by atoms with Crippen molar-refractivity contribution in [1.82, 2.24) is 0 Å². The summed E-state index contributed by atoms with van der Waals surface area (Å²) in [7, 11) is 0. The van der Waals surface area contributed by atoms with Crippen molar-refractivity contribution in [3.8, 4) is 0 Å². The first-order chi connectivity index (χ1) is 6.43. The van der Waals surface area contributed by atoms with E-state index in [1.54, 1.807) is 6.07 Å². The SMILES string of the molecule is NCC[c-]1[c-][c-][c-][c-]1.[Fe].[c-]1[c-][c-][cH-][c-]1. The molecule has 0 aliphatic heterocycles. The molecular formula is C12H7FeN-10. The molecule has 2 rings (SSSR count). The molecular weight excluding hydrogens is 214 g/mol. The van der Waals surface area contributed by atoms with Crippen molar-refractivity contribution in [2.24, 2.45) is 5.73 Å². The molecule has 0 aliphatic carbocycles. The molecule has 0 spiro atoms. The average molecular weight is 221 g/mol. The fourth-order valence-corrected chi connectivity index (χ4v) is 0.694. The minimum atomic E-state index is 0. The van der Waals surface area contributed by atoms with Crippen LogP contribution in [0, 0.1) is 48.5 Å². The van der Waals surface area contributed by atoms with E-state index < -0.39 is 0 Å². The fourth-order valence-electron chi connectivity index (χ4n) is 0.694. The van der Waals surface area contributed by atoms with Gasteiger partial charge in [0.2, 0.25) is 0 Å². The van der Waals surface area contributed by atoms with E-state index in [0.717, 1.165) is 12.0 Å². The van der Waals surface area contributed by atoms with Gasteiger partial charge in [0.15, 0.2) is 0 Å². The van der Waals surface area contributed by atoms with Crippen molar-refractivity contribution in [2.75, 3.05) is 6.54 Å². The van der Waals surface area contributed by atoms with Gasteiger partial charge in [0.1, 0.15) is 0 Å². The molecule has 14 heavy (non-hydrogen) atoms. The van der Waals surface area contributed by atoms with Crippen molar-refractivity contribution >= 4 is 0 Å². The standard InChI is InChI=1S/C7H6N.C5H.Fe/c8-6-5-7-3-1-2-4-7;1-2-4-5-3-1;/h5-6,8H2;1H;/q2*-5;. The van der Waals surface area contributed by atoms with E-state index in [0.29, 0.717) is 6.54 Å². The number of hydrogen-bond acceptors (Lipinski definition) is 1. The van der Waals surface area contributed by atoms with Crippen LogP contribution in [-0.4, -0.2) is 6.54 Å². The largest absolute Gasteiger partial charge is 0.999 e. The van der Waals surface area contributed by atoms with Gasteiger partial charge >= 0.3 is 0 Å². The molecule has 0 aromatic heterocycles. The van der Waals surface area contributed by atoms with Crippen LogP contribution in [0.2, 0.25) is 0 Å². The van der Waals surface area contributed by atoms with E-state index in [2.05, 4.69) is 48.5 Å². The average Bonchev–Trinajstić information content (AvgIpc) is 2.79. The Hall–Kier alpha value is -0.821. The molecule has 0 amide bonds. The third kappa shape index (κ3) is 5.76. The van der Waals surface area contributed by atoms with Crippen LogP contribution in [0.5, 0.6) is 0 Å². The van der Waals surface area contributed by atoms with Crippen LogP contribution in [0.25, 0.3) is 0 Å². The minimum Gasteiger partial charge on any atom is -0.999 e. The third-order valence-corrected chi connectivity index (χ3v) is 1.23. The predicted molar refractivity (Wildman–Crippen MR) is 47.5 cm³/mol. The van der Waals surface area contributed by atoms with Crippen molar-refractivity contribution in [3.05, 3.63) is 60.2 Å². The Kier molecular flexibility index (Phi) is 8.25. The normalized spacial score (nSPS) is 8.36. The van der Waals surface area contributed by atoms with Gasteiger partial charge in [-0.15, -0.1) is 0 Å². The van der Waals surface area contributed by atoms with Crippen molar-refractivity contribution < 1.29 is 17.1 Å². The summed E-state index contributed by atoms with van der Waals surface area (Å²) in [5, 5.41) is 0. The Morgan fingerprint density at radius 1 is 1.00 bits per heavy atom. The Morgan fingerprint density at radius 3 is 1.93 bits per heavy atom. The van der Waals surface area contributed by atoms with Crippen LogP contribution in [-0.2, 0) is 23.5 Å². The van der Waals surface area contributed by atoms with Gasteiger partial charge in [-0.1, -0.05) is 0 Å². The Morgan fingerprint density at radius 2 is 1.57 bits per heavy atom. The first kappa shape index (κ1) is 13.2. The summed E-state index contributed by atoms with van der Waals surface area (Å²) < 4.78 is 0. The zero-order valence-corrected chi connectivity index (χ0v) is 8.53. The maximum absolute atomic E-state index is 5.25. The zero-order chi connectivity index (χ0) is 9.36. The van der Waals surface area contributed by atoms with Gasteiger partial charge in [-0.2, -0.15) is 0 Å². The van der Waals surface area contributed by atoms with Gasteiger partial charge in [-0.3, -0.25) is 0 Å². The van der Waals surface area contributed by atoms with Gasteiger partial charge < -0.3 is 65.9 Å². The summed E-state index contributed by atoms with van der Waals surface area (Å²) in [6.07, 6.45) is 0.833. The second-order valence-electron chi connectivity index (χ2n) is 2.20. The van der Waals surface area contributed by atoms with Gasteiger partial charge in [0, 0.05) is 17.1 Å². The Bertz CT molecular complexity index is 254. The van der Waals surface area contributed by atoms with Crippen LogP contribution in [0.3, 0.4) is 0 Å². The van der Waals surface area contributed by atoms with E-state index in [-0.39, 0.29) is 17.1 Å². The van der Waals surface area contributed by atoms with Gasteiger partial charge in [0.25, 0.3) is 0 Å². The predicted octanol–water partition coefficient (Wildman–Crippen LogP) is 0.711. The van der Waals surface area contributed by atoms with Crippen LogP contribution in [0.4, 0.5) is 0 Å². The first-order valence-corrected chi connectivity index (χ1v) is 3.84. The number of nitrogens with two attached hydrogens (primary N) is 1. The summed E-state index contributed by atoms with van der Waals surface area (Å²) >= 11 is 0. The van der Waals surface area contributed by atoms with Gasteiger partial charge in [-0.05, 0) is 6.54 Å². The van der Waals surface area contributed by atoms with Crippen LogP contribution < -0.4 is 5.73 Å². The Balaban J connectivity index is 0.000000246. The molecule has 2 N–H and O–H groups in total. The molecule has 0 radical (unpaired) electrons. The van der Waals surface area contributed by atoms with E-state index in [1.807, 2.05) is 0 Å². The molecule has 78 valence electrons. The van der Waals surface area contributed by atoms with E-state index >= 15 is 0 Å². The monoisotopic (exact) mass is 221 g/mol. The van der Waals surface area contributed by atoms with Gasteiger partial charge in [0.05, 0.1) is 0 Å². The number of hydrogen-bond donors (Lipinski definition) is 1. The summed E-state index contributed by atoms with van der Waals surface area (Å²) in [4.78, 5) is 0. The van der Waals surface area contributed by atoms with E-state index in [1.165, 1.54) is 0 Å². The van der Waals surface area contributed by atoms with Crippen LogP contribution in [0.1, 0.15) is 5.56 Å². The van der Waals surface area contributed by atoms with E-state index in [4.69, 9.17) is 5.73 Å². The molecule has 0 unspecified atom stereocenters. The topological polar surface area (TPSA) is 26.0 Å². The van der Waals surface area contributed by atoms with Crippen LogP contribution in [0.15, 0.2) is 6.07 Å². The van der Waals surface area contributed by atoms with Crippen molar-refractivity contribution in [1.29, 1.82) is 0 Å². The number of rotatable bonds is 2. The van der Waals surface area contributed by atoms with Crippen LogP contribution >= 0.6 is 0 Å². The quantitative estimate of drug-likeness (QED) is 0.586. The summed E-state index contributed by atoms with van der Waals surface area (Å²) in [6.45, 7) is 0.651. The first-order valence-electron chi connectivity index (χ1n) is 3.84. The molecule has 0 atom stereocenters. The van der Waals surface area contributed by atoms with Gasteiger partial charge in [-0.25, -0.2) is 6.42 Å². The second-order valence-corrected chi connectivity index (χ2v) is 2.20. The maximum Gasteiger partial charge on any atom is 0 e. The molecule has 2 heteroatoms. The molecule has 0 heterocycles. The zero-order valence-electron chi connectivity index (χ0n) is 7.42. The summed E-state index contributed by atoms with van der Waals surface area (Å²) in [6, 6.07) is 23.0. The second kappa shape index (κ2) is 8.76. The molecule has 0 saturated carbocycles. The Labute approximate surface area is 96.1 Å². The molecule has 0 fully saturated rings. The fraction of sp³-hybridized carbons (Fsp3) is 0.167. The molecule has 1 nitrogen and oxygen atoms in total. The molecule has 0 saturated heterocycles. The summed E-state index contributed by atoms with van der Waals surface area (Å²) in [5.74, 6) is 0. The molecule has 0 aliphatic rings. The summed E-state index contributed by atoms with van der Waals surface area (Å²) in [5.41, 5.74) is 6.23. The minimum absolute atomic E-state index is 0. The smallest absolute Gasteiger partial charge is 0 e. The van der Waals surface area contributed by atoms with Crippen molar-refractivity contribution in [3.63, 3.8) is 0 Å². The van der Waals surface area contributed by atoms with E-state index in [9.17, 15) is 0 Å². The molecule has 2 aromatic carbocycles. The molecule has 2 aromatic rings.